The fourth-order valence-electron chi connectivity index (χ4n) is 2.21. The monoisotopic (exact) mass is 366 g/mol. The molecular formula is C20H18N2O3S. The first-order valence-corrected chi connectivity index (χ1v) is 9.48. The summed E-state index contributed by atoms with van der Waals surface area (Å²) < 4.78 is 29.8. The zero-order valence-corrected chi connectivity index (χ0v) is 14.8. The maximum absolute atomic E-state index is 12.1. The van der Waals surface area contributed by atoms with Crippen LogP contribution in [0.15, 0.2) is 94.9 Å². The van der Waals surface area contributed by atoms with Crippen molar-refractivity contribution < 1.29 is 13.2 Å². The van der Waals surface area contributed by atoms with E-state index in [2.05, 4.69) is 9.93 Å². The zero-order chi connectivity index (χ0) is 18.2. The average molecular weight is 366 g/mol. The Bertz CT molecular complexity index is 955. The summed E-state index contributed by atoms with van der Waals surface area (Å²) in [6.07, 6.45) is 1.45. The summed E-state index contributed by atoms with van der Waals surface area (Å²) in [4.78, 5) is 2.36. The quantitative estimate of drug-likeness (QED) is 0.513. The molecule has 0 saturated carbocycles. The summed E-state index contributed by atoms with van der Waals surface area (Å²) >= 11 is 0. The highest BCUT2D eigenvalue weighted by Crippen LogP contribution is 2.13. The second-order valence-corrected chi connectivity index (χ2v) is 7.17. The van der Waals surface area contributed by atoms with Gasteiger partial charge in [-0.1, -0.05) is 48.5 Å². The molecule has 0 spiro atoms. The van der Waals surface area contributed by atoms with Crippen LogP contribution in [0.25, 0.3) is 0 Å². The lowest BCUT2D eigenvalue weighted by atomic mass is 10.2. The Morgan fingerprint density at radius 2 is 1.46 bits per heavy atom. The molecule has 0 fully saturated rings. The van der Waals surface area contributed by atoms with E-state index in [1.807, 2.05) is 42.5 Å². The van der Waals surface area contributed by atoms with Crippen LogP contribution in [0.2, 0.25) is 0 Å². The van der Waals surface area contributed by atoms with E-state index in [0.717, 1.165) is 16.9 Å². The first-order chi connectivity index (χ1) is 12.6. The van der Waals surface area contributed by atoms with E-state index in [1.165, 1.54) is 18.3 Å². The molecule has 0 heterocycles. The number of ether oxygens (including phenoxy) is 1. The van der Waals surface area contributed by atoms with Crippen LogP contribution in [0.4, 0.5) is 0 Å². The minimum Gasteiger partial charge on any atom is -0.489 e. The van der Waals surface area contributed by atoms with Gasteiger partial charge in [-0.05, 0) is 47.5 Å². The van der Waals surface area contributed by atoms with Crippen molar-refractivity contribution in [2.45, 2.75) is 11.5 Å². The number of hydrazone groups is 1. The molecule has 3 aromatic carbocycles. The number of nitrogens with one attached hydrogen (secondary N) is 1. The number of sulfonamides is 1. The van der Waals surface area contributed by atoms with E-state index in [0.29, 0.717) is 6.61 Å². The van der Waals surface area contributed by atoms with Crippen LogP contribution >= 0.6 is 0 Å². The first-order valence-electron chi connectivity index (χ1n) is 8.00. The Balaban J connectivity index is 1.56. The third-order valence-electron chi connectivity index (χ3n) is 3.57. The van der Waals surface area contributed by atoms with Gasteiger partial charge in [0.05, 0.1) is 11.1 Å². The Hall–Kier alpha value is -3.12. The summed E-state index contributed by atoms with van der Waals surface area (Å²) in [5.74, 6) is 0.732. The van der Waals surface area contributed by atoms with Crippen molar-refractivity contribution in [3.63, 3.8) is 0 Å². The second kappa shape index (κ2) is 8.31. The van der Waals surface area contributed by atoms with Crippen LogP contribution in [0.1, 0.15) is 11.1 Å². The van der Waals surface area contributed by atoms with Crippen molar-refractivity contribution in [2.75, 3.05) is 0 Å². The van der Waals surface area contributed by atoms with Crippen LogP contribution in [0.5, 0.6) is 5.75 Å². The molecule has 0 aliphatic heterocycles. The highest BCUT2D eigenvalue weighted by molar-refractivity contribution is 7.89. The molecule has 0 aromatic heterocycles. The van der Waals surface area contributed by atoms with E-state index in [9.17, 15) is 8.42 Å². The van der Waals surface area contributed by atoms with E-state index in [-0.39, 0.29) is 4.90 Å². The third kappa shape index (κ3) is 4.94. The largest absolute Gasteiger partial charge is 0.489 e. The molecule has 3 aromatic rings. The Labute approximate surface area is 153 Å². The maximum atomic E-state index is 12.1. The highest BCUT2D eigenvalue weighted by atomic mass is 32.2. The highest BCUT2D eigenvalue weighted by Gasteiger charge is 2.10. The molecule has 0 aliphatic carbocycles. The molecule has 0 atom stereocenters. The van der Waals surface area contributed by atoms with E-state index < -0.39 is 10.0 Å². The Morgan fingerprint density at radius 1 is 0.846 bits per heavy atom. The number of rotatable bonds is 7. The van der Waals surface area contributed by atoms with Crippen molar-refractivity contribution >= 4 is 16.2 Å². The van der Waals surface area contributed by atoms with Gasteiger partial charge < -0.3 is 4.74 Å². The van der Waals surface area contributed by atoms with Crippen molar-refractivity contribution in [1.82, 2.24) is 4.83 Å². The SMILES string of the molecule is O=S(=O)(N/N=C\c1ccc(OCc2ccccc2)cc1)c1ccccc1. The van der Waals surface area contributed by atoms with Crippen LogP contribution in [-0.4, -0.2) is 14.6 Å². The van der Waals surface area contributed by atoms with Gasteiger partial charge in [0.15, 0.2) is 0 Å². The molecule has 0 unspecified atom stereocenters. The molecule has 132 valence electrons. The summed E-state index contributed by atoms with van der Waals surface area (Å²) in [7, 11) is -3.65. The molecule has 0 saturated heterocycles. The lowest BCUT2D eigenvalue weighted by Gasteiger charge is -2.06. The number of benzene rings is 3. The zero-order valence-electron chi connectivity index (χ0n) is 13.9. The van der Waals surface area contributed by atoms with Crippen LogP contribution in [-0.2, 0) is 16.6 Å². The van der Waals surface area contributed by atoms with Crippen LogP contribution in [0, 0.1) is 0 Å². The molecule has 5 nitrogen and oxygen atoms in total. The minimum atomic E-state index is -3.65. The van der Waals surface area contributed by atoms with Gasteiger partial charge in [-0.15, -0.1) is 0 Å². The molecule has 1 N–H and O–H groups in total. The van der Waals surface area contributed by atoms with E-state index >= 15 is 0 Å². The average Bonchev–Trinajstić information content (AvgIpc) is 2.69. The molecule has 26 heavy (non-hydrogen) atoms. The Kier molecular flexibility index (Phi) is 5.66. The number of hydrogen-bond acceptors (Lipinski definition) is 4. The van der Waals surface area contributed by atoms with Gasteiger partial charge in [0.2, 0.25) is 0 Å². The summed E-state index contributed by atoms with van der Waals surface area (Å²) in [5.41, 5.74) is 1.85. The molecule has 0 amide bonds. The van der Waals surface area contributed by atoms with Crippen LogP contribution in [0.3, 0.4) is 0 Å². The van der Waals surface area contributed by atoms with Gasteiger partial charge in [0, 0.05) is 0 Å². The Morgan fingerprint density at radius 3 is 2.12 bits per heavy atom. The molecule has 6 heteroatoms. The smallest absolute Gasteiger partial charge is 0.276 e. The predicted octanol–water partition coefficient (Wildman–Crippen LogP) is 3.58. The minimum absolute atomic E-state index is 0.168. The van der Waals surface area contributed by atoms with Gasteiger partial charge in [-0.25, -0.2) is 4.83 Å². The number of hydrogen-bond donors (Lipinski definition) is 1. The maximum Gasteiger partial charge on any atom is 0.276 e. The van der Waals surface area contributed by atoms with Crippen molar-refractivity contribution in [1.29, 1.82) is 0 Å². The topological polar surface area (TPSA) is 67.8 Å². The fraction of sp³-hybridized carbons (Fsp3) is 0.0500. The van der Waals surface area contributed by atoms with Crippen LogP contribution < -0.4 is 9.57 Å². The molecular weight excluding hydrogens is 348 g/mol. The molecule has 0 radical (unpaired) electrons. The normalized spacial score (nSPS) is 11.4. The fourth-order valence-corrected chi connectivity index (χ4v) is 3.03. The van der Waals surface area contributed by atoms with Gasteiger partial charge >= 0.3 is 0 Å². The first kappa shape index (κ1) is 17.7. The lowest BCUT2D eigenvalue weighted by molar-refractivity contribution is 0.306. The summed E-state index contributed by atoms with van der Waals surface area (Å²) in [6.45, 7) is 0.491. The molecule has 0 bridgehead atoms. The third-order valence-corrected chi connectivity index (χ3v) is 4.81. The number of nitrogens with zero attached hydrogens (tertiary/aromatic N) is 1. The van der Waals surface area contributed by atoms with Crippen molar-refractivity contribution in [3.8, 4) is 5.75 Å². The van der Waals surface area contributed by atoms with Gasteiger partial charge in [-0.3, -0.25) is 0 Å². The standard InChI is InChI=1S/C20H18N2O3S/c23-26(24,20-9-5-2-6-10-20)22-21-15-17-11-13-19(14-12-17)25-16-18-7-3-1-4-8-18/h1-15,22H,16H2/b21-15-. The van der Waals surface area contributed by atoms with Crippen molar-refractivity contribution in [3.05, 3.63) is 96.1 Å². The second-order valence-electron chi connectivity index (χ2n) is 5.51. The summed E-state index contributed by atoms with van der Waals surface area (Å²) in [5, 5.41) is 3.81. The van der Waals surface area contributed by atoms with E-state index in [4.69, 9.17) is 4.74 Å². The molecule has 0 aliphatic rings. The molecule has 3 rings (SSSR count). The van der Waals surface area contributed by atoms with Gasteiger partial charge in [0.25, 0.3) is 10.0 Å². The van der Waals surface area contributed by atoms with Gasteiger partial charge in [-0.2, -0.15) is 13.5 Å². The predicted molar refractivity (Wildman–Crippen MR) is 102 cm³/mol. The van der Waals surface area contributed by atoms with Gasteiger partial charge in [0.1, 0.15) is 12.4 Å². The van der Waals surface area contributed by atoms with E-state index in [1.54, 1.807) is 30.3 Å². The van der Waals surface area contributed by atoms with Crippen molar-refractivity contribution in [2.24, 2.45) is 5.10 Å². The summed E-state index contributed by atoms with van der Waals surface area (Å²) in [6, 6.07) is 25.2. The lowest BCUT2D eigenvalue weighted by Crippen LogP contribution is -2.18.